The molecule has 2 unspecified atom stereocenters. The van der Waals surface area contributed by atoms with Crippen LogP contribution in [0.2, 0.25) is 0 Å². The van der Waals surface area contributed by atoms with Gasteiger partial charge < -0.3 is 10.6 Å². The topological polar surface area (TPSA) is 80.0 Å². The number of rotatable bonds is 2. The molecular formula is C13H19N5. The van der Waals surface area contributed by atoms with Crippen molar-refractivity contribution in [3.8, 4) is 0 Å². The van der Waals surface area contributed by atoms with Gasteiger partial charge >= 0.3 is 0 Å². The van der Waals surface area contributed by atoms with E-state index in [-0.39, 0.29) is 0 Å². The molecule has 1 heterocycles. The first-order chi connectivity index (χ1) is 8.43. The van der Waals surface area contributed by atoms with E-state index < -0.39 is 11.7 Å². The van der Waals surface area contributed by atoms with Crippen LogP contribution in [0.1, 0.15) is 12.5 Å². The normalized spacial score (nSPS) is 26.9. The summed E-state index contributed by atoms with van der Waals surface area (Å²) in [5.74, 6) is 0.502. The Hall–Kier alpha value is -1.88. The molecule has 0 saturated heterocycles. The van der Waals surface area contributed by atoms with Crippen LogP contribution >= 0.6 is 0 Å². The van der Waals surface area contributed by atoms with Gasteiger partial charge in [-0.05, 0) is 24.6 Å². The molecule has 0 bridgehead atoms. The molecule has 1 aliphatic rings. The van der Waals surface area contributed by atoms with Crippen LogP contribution in [0.25, 0.3) is 0 Å². The molecule has 2 rings (SSSR count). The van der Waals surface area contributed by atoms with E-state index in [4.69, 9.17) is 11.5 Å². The van der Waals surface area contributed by atoms with Crippen molar-refractivity contribution in [2.45, 2.75) is 18.6 Å². The lowest BCUT2D eigenvalue weighted by Gasteiger charge is -2.29. The van der Waals surface area contributed by atoms with Gasteiger partial charge in [-0.3, -0.25) is 10.7 Å². The lowest BCUT2D eigenvalue weighted by Crippen LogP contribution is -2.45. The minimum absolute atomic E-state index is 0.472. The summed E-state index contributed by atoms with van der Waals surface area (Å²) in [7, 11) is 4.02. The van der Waals surface area contributed by atoms with Crippen LogP contribution in [0.5, 0.6) is 0 Å². The van der Waals surface area contributed by atoms with Gasteiger partial charge in [0.05, 0.1) is 5.41 Å². The second kappa shape index (κ2) is 4.42. The van der Waals surface area contributed by atoms with E-state index in [1.807, 2.05) is 33.2 Å². The smallest absolute Gasteiger partial charge is 0.192 e. The molecular weight excluding hydrogens is 226 g/mol. The summed E-state index contributed by atoms with van der Waals surface area (Å²) in [6.07, 6.45) is 1.21. The quantitative estimate of drug-likeness (QED) is 0.804. The highest BCUT2D eigenvalue weighted by atomic mass is 15.2. The largest absolute Gasteiger partial charge is 0.386 e. The van der Waals surface area contributed by atoms with Gasteiger partial charge in [0.2, 0.25) is 0 Å². The first kappa shape index (κ1) is 12.6. The Labute approximate surface area is 107 Å². The van der Waals surface area contributed by atoms with E-state index >= 15 is 0 Å². The van der Waals surface area contributed by atoms with Gasteiger partial charge in [0.1, 0.15) is 5.84 Å². The van der Waals surface area contributed by atoms with Gasteiger partial charge in [-0.25, -0.2) is 4.99 Å². The van der Waals surface area contributed by atoms with Crippen molar-refractivity contribution in [2.75, 3.05) is 19.0 Å². The zero-order chi connectivity index (χ0) is 13.3. The Morgan fingerprint density at radius 3 is 2.33 bits per heavy atom. The Bertz CT molecular complexity index is 489. The standard InChI is InChI=1S/C13H19N5/c1-13(8-16-12(15)17-11(13)14)9-4-6-10(7-5-9)18(2)3/h4-8,12H,15H2,1-3H3,(H2,14,17). The predicted octanol–water partition coefficient (Wildman–Crippen LogP) is 0.694. The van der Waals surface area contributed by atoms with E-state index in [2.05, 4.69) is 27.0 Å². The molecule has 4 N–H and O–H groups in total. The molecule has 5 nitrogen and oxygen atoms in total. The summed E-state index contributed by atoms with van der Waals surface area (Å²) in [5, 5.41) is 0. The molecule has 0 saturated carbocycles. The number of amidine groups is 1. The van der Waals surface area contributed by atoms with Crippen molar-refractivity contribution in [1.82, 2.24) is 0 Å². The van der Waals surface area contributed by atoms with Gasteiger partial charge in [-0.1, -0.05) is 12.1 Å². The van der Waals surface area contributed by atoms with Crippen molar-refractivity contribution in [3.05, 3.63) is 29.8 Å². The summed E-state index contributed by atoms with van der Waals surface area (Å²) in [5.41, 5.74) is 13.3. The fraction of sp³-hybridized carbons (Fsp3) is 0.385. The second-order valence-corrected chi connectivity index (χ2v) is 4.85. The highest BCUT2D eigenvalue weighted by Crippen LogP contribution is 2.26. The Morgan fingerprint density at radius 2 is 1.83 bits per heavy atom. The predicted molar refractivity (Wildman–Crippen MR) is 76.2 cm³/mol. The minimum Gasteiger partial charge on any atom is -0.386 e. The number of anilines is 1. The van der Waals surface area contributed by atoms with E-state index in [0.717, 1.165) is 11.3 Å². The van der Waals surface area contributed by atoms with Crippen LogP contribution in [0, 0.1) is 0 Å². The summed E-state index contributed by atoms with van der Waals surface area (Å²) in [6.45, 7) is 1.99. The molecule has 0 radical (unpaired) electrons. The van der Waals surface area contributed by atoms with Crippen molar-refractivity contribution >= 4 is 17.7 Å². The summed E-state index contributed by atoms with van der Waals surface area (Å²) < 4.78 is 0. The molecule has 1 aromatic rings. The average Bonchev–Trinajstić information content (AvgIpc) is 2.34. The van der Waals surface area contributed by atoms with Crippen LogP contribution < -0.4 is 16.4 Å². The molecule has 5 heteroatoms. The maximum Gasteiger partial charge on any atom is 0.192 e. The van der Waals surface area contributed by atoms with Crippen LogP contribution in [-0.2, 0) is 5.41 Å². The molecule has 1 aliphatic heterocycles. The summed E-state index contributed by atoms with van der Waals surface area (Å²) in [4.78, 5) is 10.3. The molecule has 0 spiro atoms. The molecule has 0 amide bonds. The third-order valence-corrected chi connectivity index (χ3v) is 3.27. The van der Waals surface area contributed by atoms with Crippen LogP contribution in [0.3, 0.4) is 0 Å². The minimum atomic E-state index is -0.570. The maximum absolute atomic E-state index is 6.00. The van der Waals surface area contributed by atoms with Gasteiger partial charge in [0.25, 0.3) is 0 Å². The highest BCUT2D eigenvalue weighted by molar-refractivity contribution is 6.07. The number of benzene rings is 1. The zero-order valence-corrected chi connectivity index (χ0v) is 11.0. The van der Waals surface area contributed by atoms with Crippen molar-refractivity contribution < 1.29 is 0 Å². The summed E-state index contributed by atoms with van der Waals surface area (Å²) in [6, 6.07) is 8.19. The van der Waals surface area contributed by atoms with Gasteiger partial charge in [-0.15, -0.1) is 0 Å². The van der Waals surface area contributed by atoms with Crippen molar-refractivity contribution in [3.63, 3.8) is 0 Å². The number of hydrogen-bond donors (Lipinski definition) is 2. The lowest BCUT2D eigenvalue weighted by molar-refractivity contribution is 0.699. The number of hydrogen-bond acceptors (Lipinski definition) is 5. The fourth-order valence-corrected chi connectivity index (χ4v) is 1.93. The summed E-state index contributed by atoms with van der Waals surface area (Å²) >= 11 is 0. The zero-order valence-electron chi connectivity index (χ0n) is 11.0. The molecule has 2 atom stereocenters. The number of aliphatic imine (C=N–C) groups is 2. The third-order valence-electron chi connectivity index (χ3n) is 3.27. The van der Waals surface area contributed by atoms with Crippen molar-refractivity contribution in [2.24, 2.45) is 21.5 Å². The molecule has 18 heavy (non-hydrogen) atoms. The van der Waals surface area contributed by atoms with Gasteiger partial charge in [-0.2, -0.15) is 0 Å². The van der Waals surface area contributed by atoms with Crippen LogP contribution in [0.15, 0.2) is 34.3 Å². The molecule has 0 fully saturated rings. The Kier molecular flexibility index (Phi) is 3.09. The van der Waals surface area contributed by atoms with E-state index in [0.29, 0.717) is 5.84 Å². The Morgan fingerprint density at radius 1 is 1.22 bits per heavy atom. The SMILES string of the molecule is CN(C)c1ccc(C2(C)C=NC(N)N=C2N)cc1. The average molecular weight is 245 g/mol. The highest BCUT2D eigenvalue weighted by Gasteiger charge is 2.32. The molecule has 0 aromatic heterocycles. The van der Waals surface area contributed by atoms with E-state index in [1.165, 1.54) is 0 Å². The van der Waals surface area contributed by atoms with Crippen molar-refractivity contribution in [1.29, 1.82) is 0 Å². The fourth-order valence-electron chi connectivity index (χ4n) is 1.93. The lowest BCUT2D eigenvalue weighted by atomic mass is 9.82. The molecule has 96 valence electrons. The molecule has 0 aliphatic carbocycles. The first-order valence-corrected chi connectivity index (χ1v) is 5.85. The van der Waals surface area contributed by atoms with E-state index in [1.54, 1.807) is 6.21 Å². The van der Waals surface area contributed by atoms with Crippen LogP contribution in [-0.4, -0.2) is 32.4 Å². The third kappa shape index (κ3) is 2.09. The molecule has 1 aromatic carbocycles. The van der Waals surface area contributed by atoms with E-state index in [9.17, 15) is 0 Å². The van der Waals surface area contributed by atoms with Crippen LogP contribution in [0.4, 0.5) is 5.69 Å². The maximum atomic E-state index is 6.00. The number of nitrogens with zero attached hydrogens (tertiary/aromatic N) is 3. The second-order valence-electron chi connectivity index (χ2n) is 4.85. The van der Waals surface area contributed by atoms with Gasteiger partial charge in [0, 0.05) is 26.0 Å². The van der Waals surface area contributed by atoms with Gasteiger partial charge in [0.15, 0.2) is 6.29 Å². The number of nitrogens with two attached hydrogens (primary N) is 2. The monoisotopic (exact) mass is 245 g/mol. The Balaban J connectivity index is 2.36. The first-order valence-electron chi connectivity index (χ1n) is 5.85.